The third-order valence-corrected chi connectivity index (χ3v) is 8.27. The van der Waals surface area contributed by atoms with E-state index >= 15 is 0 Å². The molecular formula is C24H33N3O7S2. The Bertz CT molecular complexity index is 1150. The third-order valence-electron chi connectivity index (χ3n) is 5.78. The molecule has 1 aliphatic rings. The Morgan fingerprint density at radius 3 is 2.42 bits per heavy atom. The summed E-state index contributed by atoms with van der Waals surface area (Å²) in [5, 5.41) is 19.9. The maximum Gasteiger partial charge on any atom is 0.414 e. The van der Waals surface area contributed by atoms with E-state index in [1.807, 2.05) is 6.92 Å². The molecule has 0 unspecified atom stereocenters. The molecule has 1 aromatic carbocycles. The van der Waals surface area contributed by atoms with Gasteiger partial charge in [-0.15, -0.1) is 11.3 Å². The molecule has 1 amide bonds. The molecule has 198 valence electrons. The van der Waals surface area contributed by atoms with Crippen LogP contribution in [0.1, 0.15) is 60.5 Å². The van der Waals surface area contributed by atoms with E-state index in [1.165, 1.54) is 10.4 Å². The van der Waals surface area contributed by atoms with E-state index in [1.54, 1.807) is 35.6 Å². The van der Waals surface area contributed by atoms with Gasteiger partial charge in [0.25, 0.3) is 5.91 Å². The summed E-state index contributed by atoms with van der Waals surface area (Å²) in [6.07, 6.45) is 2.41. The van der Waals surface area contributed by atoms with Gasteiger partial charge in [0.15, 0.2) is 0 Å². The lowest BCUT2D eigenvalue weighted by Gasteiger charge is -2.38. The summed E-state index contributed by atoms with van der Waals surface area (Å²) in [5.74, 6) is -3.86. The highest BCUT2D eigenvalue weighted by Gasteiger charge is 2.29. The highest BCUT2D eigenvalue weighted by Crippen LogP contribution is 2.35. The fourth-order valence-electron chi connectivity index (χ4n) is 3.98. The first-order valence-electron chi connectivity index (χ1n) is 11.6. The largest absolute Gasteiger partial charge is 0.473 e. The smallest absolute Gasteiger partial charge is 0.414 e. The zero-order valence-corrected chi connectivity index (χ0v) is 22.2. The first-order valence-corrected chi connectivity index (χ1v) is 14.2. The number of hydrogen-bond donors (Lipinski definition) is 4. The van der Waals surface area contributed by atoms with Gasteiger partial charge in [0.2, 0.25) is 10.0 Å². The van der Waals surface area contributed by atoms with Crippen molar-refractivity contribution in [2.75, 3.05) is 23.6 Å². The molecular weight excluding hydrogens is 506 g/mol. The molecule has 0 spiro atoms. The molecule has 3 rings (SSSR count). The first-order chi connectivity index (χ1) is 17.0. The number of thiophene rings is 1. The molecule has 2 atom stereocenters. The SMILES string of the molecule is CCCCS(=O)(=O)Nc1ccccc1C(=O)NCCN1[C@H](C)Cc2ccsc2[C@@H]1C.O=C(O)C(=O)O. The summed E-state index contributed by atoms with van der Waals surface area (Å²) < 4.78 is 27.1. The normalized spacial score (nSPS) is 17.3. The number of nitrogens with one attached hydrogen (secondary N) is 2. The maximum absolute atomic E-state index is 12.8. The Labute approximate surface area is 215 Å². The standard InChI is InChI=1S/C22H31N3O3S2.C2H2O4/c1-4-5-14-30(27,28)24-20-9-7-6-8-19(20)22(26)23-11-12-25-16(2)15-18-10-13-29-21(18)17(25)3;3-1(4)2(5)6/h6-10,13,16-17,24H,4-5,11-12,14-15H2,1-3H3,(H,23,26);(H,3,4)(H,5,6)/t16-,17+;/m1./s1. The van der Waals surface area contributed by atoms with Crippen LogP contribution in [0.2, 0.25) is 0 Å². The van der Waals surface area contributed by atoms with Crippen LogP contribution in [0.25, 0.3) is 0 Å². The Morgan fingerprint density at radius 1 is 1.11 bits per heavy atom. The number of sulfonamides is 1. The number of aliphatic carboxylic acids is 2. The van der Waals surface area contributed by atoms with Crippen LogP contribution in [0.4, 0.5) is 5.69 Å². The number of amides is 1. The van der Waals surface area contributed by atoms with Crippen molar-refractivity contribution in [1.29, 1.82) is 0 Å². The highest BCUT2D eigenvalue weighted by atomic mass is 32.2. The quantitative estimate of drug-likeness (QED) is 0.355. The third kappa shape index (κ3) is 8.32. The van der Waals surface area contributed by atoms with E-state index in [-0.39, 0.29) is 11.7 Å². The minimum Gasteiger partial charge on any atom is -0.473 e. The zero-order valence-electron chi connectivity index (χ0n) is 20.6. The predicted octanol–water partition coefficient (Wildman–Crippen LogP) is 3.18. The maximum atomic E-state index is 12.8. The minimum absolute atomic E-state index is 0.0505. The van der Waals surface area contributed by atoms with Crippen molar-refractivity contribution in [1.82, 2.24) is 10.2 Å². The van der Waals surface area contributed by atoms with Gasteiger partial charge in [0.05, 0.1) is 17.0 Å². The van der Waals surface area contributed by atoms with E-state index in [2.05, 4.69) is 40.2 Å². The summed E-state index contributed by atoms with van der Waals surface area (Å²) in [6.45, 7) is 7.63. The van der Waals surface area contributed by atoms with Gasteiger partial charge < -0.3 is 15.5 Å². The summed E-state index contributed by atoms with van der Waals surface area (Å²) in [6, 6.07) is 9.71. The van der Waals surface area contributed by atoms with Crippen LogP contribution in [0.3, 0.4) is 0 Å². The summed E-state index contributed by atoms with van der Waals surface area (Å²) in [4.78, 5) is 34.8. The Morgan fingerprint density at radius 2 is 1.78 bits per heavy atom. The molecule has 0 fully saturated rings. The second kappa shape index (κ2) is 13.4. The number of benzene rings is 1. The lowest BCUT2D eigenvalue weighted by molar-refractivity contribution is -0.159. The number of carbonyl (C=O) groups is 3. The molecule has 1 aromatic heterocycles. The number of para-hydroxylation sites is 1. The van der Waals surface area contributed by atoms with Crippen molar-refractivity contribution in [3.63, 3.8) is 0 Å². The van der Waals surface area contributed by atoms with Gasteiger partial charge in [-0.1, -0.05) is 25.5 Å². The van der Waals surface area contributed by atoms with Gasteiger partial charge in [-0.05, 0) is 55.8 Å². The fourth-order valence-corrected chi connectivity index (χ4v) is 6.28. The molecule has 12 heteroatoms. The average Bonchev–Trinajstić information content (AvgIpc) is 3.29. The van der Waals surface area contributed by atoms with Crippen LogP contribution < -0.4 is 10.0 Å². The number of rotatable bonds is 9. The van der Waals surface area contributed by atoms with Crippen molar-refractivity contribution < 1.29 is 33.0 Å². The van der Waals surface area contributed by atoms with Crippen molar-refractivity contribution in [3.8, 4) is 0 Å². The molecule has 0 aliphatic carbocycles. The molecule has 2 heterocycles. The lowest BCUT2D eigenvalue weighted by Crippen LogP contribution is -2.44. The summed E-state index contributed by atoms with van der Waals surface area (Å²) in [7, 11) is -3.46. The van der Waals surface area contributed by atoms with Crippen LogP contribution >= 0.6 is 11.3 Å². The van der Waals surface area contributed by atoms with Crippen molar-refractivity contribution in [3.05, 3.63) is 51.7 Å². The van der Waals surface area contributed by atoms with Gasteiger partial charge in [-0.25, -0.2) is 18.0 Å². The van der Waals surface area contributed by atoms with Crippen molar-refractivity contribution in [2.24, 2.45) is 0 Å². The topological polar surface area (TPSA) is 153 Å². The molecule has 0 bridgehead atoms. The molecule has 1 aliphatic heterocycles. The second-order valence-corrected chi connectivity index (χ2v) is 11.3. The zero-order chi connectivity index (χ0) is 26.9. The molecule has 0 saturated carbocycles. The Balaban J connectivity index is 0.000000678. The minimum atomic E-state index is -3.46. The monoisotopic (exact) mass is 539 g/mol. The number of hydrogen-bond acceptors (Lipinski definition) is 7. The Kier molecular flexibility index (Phi) is 10.9. The molecule has 0 saturated heterocycles. The number of unbranched alkanes of at least 4 members (excludes halogenated alkanes) is 1. The van der Waals surface area contributed by atoms with E-state index in [0.717, 1.165) is 19.4 Å². The summed E-state index contributed by atoms with van der Waals surface area (Å²) >= 11 is 1.79. The van der Waals surface area contributed by atoms with E-state index in [4.69, 9.17) is 19.8 Å². The van der Waals surface area contributed by atoms with Crippen molar-refractivity contribution >= 4 is 44.9 Å². The number of carboxylic acid groups (broad SMARTS) is 2. The van der Waals surface area contributed by atoms with E-state index < -0.39 is 22.0 Å². The average molecular weight is 540 g/mol. The van der Waals surface area contributed by atoms with Crippen LogP contribution in [0, 0.1) is 0 Å². The highest BCUT2D eigenvalue weighted by molar-refractivity contribution is 7.92. The summed E-state index contributed by atoms with van der Waals surface area (Å²) in [5.41, 5.74) is 2.11. The predicted molar refractivity (Wildman–Crippen MR) is 139 cm³/mol. The molecule has 0 radical (unpaired) electrons. The molecule has 4 N–H and O–H groups in total. The number of carboxylic acids is 2. The van der Waals surface area contributed by atoms with Gasteiger partial charge in [-0.3, -0.25) is 14.4 Å². The van der Waals surface area contributed by atoms with Gasteiger partial charge in [0, 0.05) is 30.1 Å². The van der Waals surface area contributed by atoms with Crippen molar-refractivity contribution in [2.45, 2.75) is 52.1 Å². The molecule has 10 nitrogen and oxygen atoms in total. The van der Waals surface area contributed by atoms with Crippen LogP contribution in [0.5, 0.6) is 0 Å². The van der Waals surface area contributed by atoms with E-state index in [9.17, 15) is 13.2 Å². The van der Waals surface area contributed by atoms with Gasteiger partial charge >= 0.3 is 11.9 Å². The lowest BCUT2D eigenvalue weighted by atomic mass is 9.97. The molecule has 36 heavy (non-hydrogen) atoms. The number of nitrogens with zero attached hydrogens (tertiary/aromatic N) is 1. The van der Waals surface area contributed by atoms with Crippen LogP contribution in [-0.2, 0) is 26.0 Å². The van der Waals surface area contributed by atoms with E-state index in [0.29, 0.717) is 36.3 Å². The van der Waals surface area contributed by atoms with Gasteiger partial charge in [0.1, 0.15) is 0 Å². The Hall–Kier alpha value is -2.96. The molecule has 2 aromatic rings. The van der Waals surface area contributed by atoms with Gasteiger partial charge in [-0.2, -0.15) is 0 Å². The first kappa shape index (κ1) is 29.3. The number of anilines is 1. The number of carbonyl (C=O) groups excluding carboxylic acids is 1. The fraction of sp³-hybridized carbons (Fsp3) is 0.458. The number of fused-ring (bicyclic) bond motifs is 1. The van der Waals surface area contributed by atoms with Crippen LogP contribution in [-0.4, -0.2) is 66.3 Å². The van der Waals surface area contributed by atoms with Crippen LogP contribution in [0.15, 0.2) is 35.7 Å². The second-order valence-electron chi connectivity index (χ2n) is 8.46.